The molecule has 0 aromatic rings. The molecule has 0 spiro atoms. The normalized spacial score (nSPS) is 2.20. The van der Waals surface area contributed by atoms with Gasteiger partial charge in [0.15, 0.2) is 0 Å². The Kier molecular flexibility index (Phi) is 226. The van der Waals surface area contributed by atoms with Gasteiger partial charge in [-0.1, -0.05) is 0 Å². The van der Waals surface area contributed by atoms with Crippen LogP contribution >= 0.6 is 0 Å². The van der Waals surface area contributed by atoms with E-state index in [4.69, 9.17) is 0 Å². The second-order valence-electron chi connectivity index (χ2n) is 0. The topological polar surface area (TPSA) is 26.0 Å². The molecule has 2 N–H and O–H groups in total. The van der Waals surface area contributed by atoms with Gasteiger partial charge in [-0.2, -0.15) is 7.85 Å². The first-order chi connectivity index (χ1) is 2.00. The van der Waals surface area contributed by atoms with E-state index in [-0.39, 0.29) is 32.7 Å². The van der Waals surface area contributed by atoms with Crippen LogP contribution < -0.4 is 5.73 Å². The Labute approximate surface area is 60.0 Å². The van der Waals surface area contributed by atoms with Crippen LogP contribution in [0.1, 0.15) is 0 Å². The van der Waals surface area contributed by atoms with Gasteiger partial charge >= 0.3 is 0 Å². The zero-order valence-electron chi connectivity index (χ0n) is 3.15. The van der Waals surface area contributed by atoms with E-state index in [1.807, 2.05) is 0 Å². The SMILES string of the molecule is [B][CH2-].[CH2-]N.[Y]. The third-order valence-electron chi connectivity index (χ3n) is 0. The third kappa shape index (κ3) is 39.4. The van der Waals surface area contributed by atoms with E-state index >= 15 is 0 Å². The molecule has 0 heterocycles. The van der Waals surface area contributed by atoms with Crippen LogP contribution in [0.15, 0.2) is 0 Å². The number of nitrogens with two attached hydrogens (primary N) is 1. The predicted molar refractivity (Wildman–Crippen MR) is 20.7 cm³/mol. The molecule has 0 aliphatic carbocycles. The van der Waals surface area contributed by atoms with Crippen LogP contribution in [0.5, 0.6) is 0 Å². The molecule has 0 saturated carbocycles. The third-order valence-corrected chi connectivity index (χ3v) is 0. The van der Waals surface area contributed by atoms with Gasteiger partial charge in [0, 0.05) is 32.7 Å². The van der Waals surface area contributed by atoms with Crippen molar-refractivity contribution in [3.8, 4) is 0 Å². The zero-order chi connectivity index (χ0) is 4.00. The summed E-state index contributed by atoms with van der Waals surface area (Å²) in [5, 5.41) is 0. The average Bonchev–Trinajstić information content (AvgIpc) is 1.50. The number of hydrogen-bond acceptors (Lipinski definition) is 1. The summed E-state index contributed by atoms with van der Waals surface area (Å²) in [6.45, 7) is 2.75. The second-order valence-corrected chi connectivity index (χ2v) is 0. The maximum Gasteiger partial charge on any atom is 0 e. The van der Waals surface area contributed by atoms with E-state index in [1.54, 1.807) is 0 Å². The van der Waals surface area contributed by atoms with E-state index in [2.05, 4.69) is 27.5 Å². The molecule has 0 bridgehead atoms. The fourth-order valence-corrected chi connectivity index (χ4v) is 0. The molecule has 0 aliphatic heterocycles. The van der Waals surface area contributed by atoms with Crippen molar-refractivity contribution in [2.75, 3.05) is 0 Å². The first-order valence-electron chi connectivity index (χ1n) is 0.816. The van der Waals surface area contributed by atoms with Crippen LogP contribution in [0, 0.1) is 13.9 Å². The summed E-state index contributed by atoms with van der Waals surface area (Å²) >= 11 is 0. The Morgan fingerprint density at radius 2 is 1.20 bits per heavy atom. The molecule has 0 aliphatic rings. The van der Waals surface area contributed by atoms with Crippen LogP contribution in [0.2, 0.25) is 0 Å². The molecule has 0 saturated heterocycles. The quantitative estimate of drug-likeness (QED) is 0.365. The van der Waals surface area contributed by atoms with Crippen molar-refractivity contribution >= 4 is 7.85 Å². The summed E-state index contributed by atoms with van der Waals surface area (Å²) in [4.78, 5) is 0. The van der Waals surface area contributed by atoms with Crippen molar-refractivity contribution in [2.45, 2.75) is 0 Å². The summed E-state index contributed by atoms with van der Waals surface area (Å²) < 4.78 is 0. The maximum absolute atomic E-state index is 4.25. The molecule has 1 nitrogen and oxygen atoms in total. The molecule has 0 fully saturated rings. The monoisotopic (exact) mass is 144 g/mol. The molecule has 0 aromatic carbocycles. The first kappa shape index (κ1) is 16.5. The summed E-state index contributed by atoms with van der Waals surface area (Å²) in [6, 6.07) is 0. The standard InChI is InChI=1S/CH2B.CH4N.Y/c2*1-2;/h1H2;1-2H2;/q2*-1;. The van der Waals surface area contributed by atoms with Crippen molar-refractivity contribution < 1.29 is 32.7 Å². The molecule has 0 amide bonds. The summed E-state index contributed by atoms with van der Waals surface area (Å²) in [6.07, 6.45) is 0. The van der Waals surface area contributed by atoms with Crippen LogP contribution in [-0.2, 0) is 32.7 Å². The molecule has 3 heteroatoms. The van der Waals surface area contributed by atoms with Crippen molar-refractivity contribution in [1.29, 1.82) is 0 Å². The largest absolute Gasteiger partial charge is 0.486 e. The van der Waals surface area contributed by atoms with E-state index < -0.39 is 0 Å². The molecule has 5 heavy (non-hydrogen) atoms. The minimum Gasteiger partial charge on any atom is -0.486 e. The van der Waals surface area contributed by atoms with E-state index in [9.17, 15) is 0 Å². The van der Waals surface area contributed by atoms with Crippen LogP contribution in [-0.4, -0.2) is 7.85 Å². The van der Waals surface area contributed by atoms with Crippen molar-refractivity contribution in [1.82, 2.24) is 0 Å². The Balaban J connectivity index is -0.0000000133. The van der Waals surface area contributed by atoms with Gasteiger partial charge in [0.1, 0.15) is 0 Å². The van der Waals surface area contributed by atoms with Gasteiger partial charge < -0.3 is 12.6 Å². The van der Waals surface area contributed by atoms with Gasteiger partial charge in [-0.3, -0.25) is 7.05 Å². The van der Waals surface area contributed by atoms with Gasteiger partial charge in [0.2, 0.25) is 0 Å². The van der Waals surface area contributed by atoms with Crippen molar-refractivity contribution in [3.63, 3.8) is 0 Å². The van der Waals surface area contributed by atoms with Crippen molar-refractivity contribution in [2.24, 2.45) is 5.73 Å². The first-order valence-corrected chi connectivity index (χ1v) is 0.816. The van der Waals surface area contributed by atoms with Crippen LogP contribution in [0.25, 0.3) is 0 Å². The summed E-state index contributed by atoms with van der Waals surface area (Å²) in [5.74, 6) is 0. The Hall–Kier alpha value is 1.13. The maximum atomic E-state index is 4.25. The number of hydrogen-bond donors (Lipinski definition) is 1. The number of rotatable bonds is 0. The average molecular weight is 144 g/mol. The second kappa shape index (κ2) is 68.6. The van der Waals surface area contributed by atoms with E-state index in [1.165, 1.54) is 0 Å². The molecule has 0 aromatic heterocycles. The molecule has 27 valence electrons. The molecule has 0 atom stereocenters. The summed E-state index contributed by atoms with van der Waals surface area (Å²) in [5.41, 5.74) is 4.25. The smallest absolute Gasteiger partial charge is 0 e. The molecular formula is C2H6BNY-2. The van der Waals surface area contributed by atoms with Gasteiger partial charge in [0.25, 0.3) is 0 Å². The van der Waals surface area contributed by atoms with Gasteiger partial charge in [-0.05, 0) is 0 Å². The fourth-order valence-electron chi connectivity index (χ4n) is 0. The molecule has 0 rings (SSSR count). The van der Waals surface area contributed by atoms with Crippen LogP contribution in [0.4, 0.5) is 0 Å². The molecule has 3 radical (unpaired) electrons. The molecular weight excluding hydrogens is 138 g/mol. The predicted octanol–water partition coefficient (Wildman–Crippen LogP) is -0.319. The van der Waals surface area contributed by atoms with Gasteiger partial charge in [0.05, 0.1) is 0 Å². The van der Waals surface area contributed by atoms with Gasteiger partial charge in [-0.15, -0.1) is 0 Å². The minimum absolute atomic E-state index is 0. The Bertz CT molecular complexity index is 9.61. The zero-order valence-corrected chi connectivity index (χ0v) is 5.98. The van der Waals surface area contributed by atoms with Crippen LogP contribution in [0.3, 0.4) is 0 Å². The Morgan fingerprint density at radius 1 is 1.20 bits per heavy atom. The fraction of sp³-hybridized carbons (Fsp3) is 0. The molecule has 0 unspecified atom stereocenters. The van der Waals surface area contributed by atoms with E-state index in [0.29, 0.717) is 0 Å². The van der Waals surface area contributed by atoms with E-state index in [0.717, 1.165) is 0 Å². The Morgan fingerprint density at radius 3 is 1.20 bits per heavy atom. The summed E-state index contributed by atoms with van der Waals surface area (Å²) in [7, 11) is 7.00. The van der Waals surface area contributed by atoms with Gasteiger partial charge in [-0.25, -0.2) is 0 Å². The van der Waals surface area contributed by atoms with Crippen molar-refractivity contribution in [3.05, 3.63) is 13.9 Å². The minimum atomic E-state index is 0.